The molecule has 2 N–H and O–H groups in total. The Labute approximate surface area is 159 Å². The van der Waals surface area contributed by atoms with Gasteiger partial charge in [-0.1, -0.05) is 19.4 Å². The number of rotatable bonds is 8. The van der Waals surface area contributed by atoms with Crippen molar-refractivity contribution < 1.29 is 9.53 Å². The first-order valence-electron chi connectivity index (χ1n) is 9.49. The van der Waals surface area contributed by atoms with Crippen LogP contribution in [0.3, 0.4) is 0 Å². The second-order valence-corrected chi connectivity index (χ2v) is 7.78. The van der Waals surface area contributed by atoms with Crippen molar-refractivity contribution in [1.82, 2.24) is 9.47 Å². The van der Waals surface area contributed by atoms with Gasteiger partial charge in [-0.2, -0.15) is 0 Å². The molecular formula is C20H29N3O2S. The van der Waals surface area contributed by atoms with Gasteiger partial charge >= 0.3 is 0 Å². The molecule has 3 heterocycles. The third-order valence-corrected chi connectivity index (χ3v) is 5.98. The Bertz CT molecular complexity index is 731. The SMILES string of the molecule is CCCc1c(-c2cccs2)c(C(N)=O)c(C)n1CCCN1CCOCC1. The molecule has 3 rings (SSSR count). The van der Waals surface area contributed by atoms with Gasteiger partial charge in [-0.25, -0.2) is 0 Å². The van der Waals surface area contributed by atoms with E-state index >= 15 is 0 Å². The molecule has 1 aliphatic heterocycles. The highest BCUT2D eigenvalue weighted by atomic mass is 32.1. The lowest BCUT2D eigenvalue weighted by Gasteiger charge is -2.26. The molecule has 1 amide bonds. The maximum atomic E-state index is 12.2. The lowest BCUT2D eigenvalue weighted by atomic mass is 10.0. The Morgan fingerprint density at radius 2 is 2.08 bits per heavy atom. The number of amides is 1. The fraction of sp³-hybridized carbons (Fsp3) is 0.550. The van der Waals surface area contributed by atoms with Crippen LogP contribution in [0.2, 0.25) is 0 Å². The van der Waals surface area contributed by atoms with Gasteiger partial charge < -0.3 is 15.0 Å². The summed E-state index contributed by atoms with van der Waals surface area (Å²) in [4.78, 5) is 15.8. The highest BCUT2D eigenvalue weighted by Crippen LogP contribution is 2.36. The van der Waals surface area contributed by atoms with Crippen molar-refractivity contribution in [2.45, 2.75) is 39.7 Å². The van der Waals surface area contributed by atoms with Gasteiger partial charge in [0.05, 0.1) is 18.8 Å². The van der Waals surface area contributed by atoms with E-state index in [1.165, 1.54) is 5.69 Å². The van der Waals surface area contributed by atoms with Crippen molar-refractivity contribution in [3.05, 3.63) is 34.5 Å². The van der Waals surface area contributed by atoms with Crippen LogP contribution < -0.4 is 5.73 Å². The van der Waals surface area contributed by atoms with Crippen LogP contribution in [-0.2, 0) is 17.7 Å². The first-order valence-corrected chi connectivity index (χ1v) is 10.4. The van der Waals surface area contributed by atoms with E-state index < -0.39 is 0 Å². The van der Waals surface area contributed by atoms with Gasteiger partial charge in [0.25, 0.3) is 5.91 Å². The van der Waals surface area contributed by atoms with Gasteiger partial charge in [-0.05, 0) is 31.2 Å². The molecule has 0 aliphatic carbocycles. The molecule has 1 saturated heterocycles. The molecule has 0 radical (unpaired) electrons. The number of aromatic nitrogens is 1. The summed E-state index contributed by atoms with van der Waals surface area (Å²) in [6.07, 6.45) is 3.07. The van der Waals surface area contributed by atoms with Crippen LogP contribution >= 0.6 is 11.3 Å². The number of hydrogen-bond donors (Lipinski definition) is 1. The van der Waals surface area contributed by atoms with E-state index in [1.807, 2.05) is 13.0 Å². The molecule has 26 heavy (non-hydrogen) atoms. The Balaban J connectivity index is 1.88. The van der Waals surface area contributed by atoms with Crippen LogP contribution in [0.15, 0.2) is 17.5 Å². The smallest absolute Gasteiger partial charge is 0.251 e. The number of primary amides is 1. The van der Waals surface area contributed by atoms with Crippen LogP contribution in [-0.4, -0.2) is 48.2 Å². The fourth-order valence-electron chi connectivity index (χ4n) is 3.86. The fourth-order valence-corrected chi connectivity index (χ4v) is 4.66. The maximum absolute atomic E-state index is 12.2. The van der Waals surface area contributed by atoms with E-state index in [0.29, 0.717) is 5.56 Å². The predicted molar refractivity (Wildman–Crippen MR) is 107 cm³/mol. The molecule has 6 heteroatoms. The largest absolute Gasteiger partial charge is 0.379 e. The molecule has 0 saturated carbocycles. The quantitative estimate of drug-likeness (QED) is 0.770. The van der Waals surface area contributed by atoms with Gasteiger partial charge in [-0.3, -0.25) is 9.69 Å². The Morgan fingerprint density at radius 1 is 1.31 bits per heavy atom. The molecule has 142 valence electrons. The number of nitrogens with zero attached hydrogens (tertiary/aromatic N) is 2. The van der Waals surface area contributed by atoms with Crippen molar-refractivity contribution in [3.63, 3.8) is 0 Å². The molecule has 0 aromatic carbocycles. The van der Waals surface area contributed by atoms with Crippen molar-refractivity contribution >= 4 is 17.2 Å². The van der Waals surface area contributed by atoms with E-state index in [9.17, 15) is 4.79 Å². The zero-order valence-corrected chi connectivity index (χ0v) is 16.6. The normalized spacial score (nSPS) is 15.5. The number of nitrogens with two attached hydrogens (primary N) is 1. The van der Waals surface area contributed by atoms with Gasteiger partial charge in [-0.15, -0.1) is 11.3 Å². The number of hydrogen-bond acceptors (Lipinski definition) is 4. The van der Waals surface area contributed by atoms with Crippen LogP contribution in [0.1, 0.15) is 41.5 Å². The summed E-state index contributed by atoms with van der Waals surface area (Å²) in [5, 5.41) is 2.06. The molecule has 1 aliphatic rings. The topological polar surface area (TPSA) is 60.5 Å². The van der Waals surface area contributed by atoms with Crippen molar-refractivity contribution in [3.8, 4) is 10.4 Å². The highest BCUT2D eigenvalue weighted by Gasteiger charge is 2.24. The summed E-state index contributed by atoms with van der Waals surface area (Å²) in [7, 11) is 0. The van der Waals surface area contributed by atoms with E-state index in [1.54, 1.807) is 11.3 Å². The lowest BCUT2D eigenvalue weighted by Crippen LogP contribution is -2.37. The average molecular weight is 376 g/mol. The molecule has 0 spiro atoms. The van der Waals surface area contributed by atoms with Gasteiger partial charge in [0.15, 0.2) is 0 Å². The second kappa shape index (κ2) is 8.84. The molecule has 0 bridgehead atoms. The number of morpholine rings is 1. The zero-order valence-electron chi connectivity index (χ0n) is 15.8. The first-order chi connectivity index (χ1) is 12.6. The van der Waals surface area contributed by atoms with Crippen LogP contribution in [0.4, 0.5) is 0 Å². The summed E-state index contributed by atoms with van der Waals surface area (Å²) in [5.74, 6) is -0.324. The molecule has 2 aromatic heterocycles. The van der Waals surface area contributed by atoms with E-state index in [-0.39, 0.29) is 5.91 Å². The van der Waals surface area contributed by atoms with Gasteiger partial charge in [0.1, 0.15) is 0 Å². The number of carbonyl (C=O) groups is 1. The first kappa shape index (κ1) is 19.1. The molecular weight excluding hydrogens is 346 g/mol. The third-order valence-electron chi connectivity index (χ3n) is 5.09. The Kier molecular flexibility index (Phi) is 6.51. The highest BCUT2D eigenvalue weighted by molar-refractivity contribution is 7.13. The van der Waals surface area contributed by atoms with Gasteiger partial charge in [0.2, 0.25) is 0 Å². The molecule has 0 unspecified atom stereocenters. The van der Waals surface area contributed by atoms with Gasteiger partial charge in [0, 0.05) is 48.0 Å². The minimum Gasteiger partial charge on any atom is -0.379 e. The maximum Gasteiger partial charge on any atom is 0.251 e. The monoisotopic (exact) mass is 375 g/mol. The summed E-state index contributed by atoms with van der Waals surface area (Å²) in [6.45, 7) is 9.89. The Morgan fingerprint density at radius 3 is 2.69 bits per heavy atom. The molecule has 1 fully saturated rings. The standard InChI is InChI=1S/C20H29N3O2S/c1-3-6-16-19(17-7-4-14-26-17)18(20(21)24)15(2)23(16)9-5-8-22-10-12-25-13-11-22/h4,7,14H,3,5-6,8-13H2,1-2H3,(H2,21,24). The molecule has 2 aromatic rings. The summed E-state index contributed by atoms with van der Waals surface area (Å²) in [6, 6.07) is 4.12. The van der Waals surface area contributed by atoms with Crippen LogP contribution in [0.25, 0.3) is 10.4 Å². The number of ether oxygens (including phenoxy) is 1. The summed E-state index contributed by atoms with van der Waals surface area (Å²) < 4.78 is 7.76. The van der Waals surface area contributed by atoms with Crippen LogP contribution in [0.5, 0.6) is 0 Å². The van der Waals surface area contributed by atoms with Crippen LogP contribution in [0, 0.1) is 6.92 Å². The minimum atomic E-state index is -0.324. The summed E-state index contributed by atoms with van der Waals surface area (Å²) >= 11 is 1.67. The predicted octanol–water partition coefficient (Wildman–Crippen LogP) is 3.30. The van der Waals surface area contributed by atoms with Crippen molar-refractivity contribution in [2.24, 2.45) is 5.73 Å². The van der Waals surface area contributed by atoms with E-state index in [0.717, 1.165) is 74.8 Å². The second-order valence-electron chi connectivity index (χ2n) is 6.83. The number of thiophene rings is 1. The lowest BCUT2D eigenvalue weighted by molar-refractivity contribution is 0.0369. The number of carbonyl (C=O) groups excluding carboxylic acids is 1. The third kappa shape index (κ3) is 4.03. The Hall–Kier alpha value is -1.63. The molecule has 0 atom stereocenters. The summed E-state index contributed by atoms with van der Waals surface area (Å²) in [5.41, 5.74) is 9.78. The zero-order chi connectivity index (χ0) is 18.5. The minimum absolute atomic E-state index is 0.324. The van der Waals surface area contributed by atoms with E-state index in [2.05, 4.69) is 27.8 Å². The van der Waals surface area contributed by atoms with Crippen molar-refractivity contribution in [2.75, 3.05) is 32.8 Å². The average Bonchev–Trinajstić information content (AvgIpc) is 3.24. The van der Waals surface area contributed by atoms with E-state index in [4.69, 9.17) is 10.5 Å². The van der Waals surface area contributed by atoms with Crippen molar-refractivity contribution in [1.29, 1.82) is 0 Å². The molecule has 5 nitrogen and oxygen atoms in total.